The normalized spacial score (nSPS) is 14.6. The maximum absolute atomic E-state index is 13.3. The smallest absolute Gasteiger partial charge is 0.344 e. The number of hydrogen-bond donors (Lipinski definition) is 0. The van der Waals surface area contributed by atoms with Crippen molar-refractivity contribution in [1.29, 1.82) is 0 Å². The molecule has 1 aliphatic rings. The summed E-state index contributed by atoms with van der Waals surface area (Å²) < 4.78 is 20.5. The van der Waals surface area contributed by atoms with Crippen LogP contribution in [-0.2, 0) is 0 Å². The highest BCUT2D eigenvalue weighted by molar-refractivity contribution is 9.10. The van der Waals surface area contributed by atoms with Crippen molar-refractivity contribution in [3.8, 4) is 23.0 Å². The van der Waals surface area contributed by atoms with E-state index in [1.807, 2.05) is 61.5 Å². The lowest BCUT2D eigenvalue weighted by Gasteiger charge is -2.25. The lowest BCUT2D eigenvalue weighted by atomic mass is 9.88. The summed E-state index contributed by atoms with van der Waals surface area (Å²) in [6.45, 7) is 1.86. The van der Waals surface area contributed by atoms with Crippen molar-refractivity contribution in [2.24, 2.45) is 0 Å². The molecular formula is C26H15BrN4O4. The van der Waals surface area contributed by atoms with Crippen LogP contribution in [0.5, 0.6) is 11.6 Å². The van der Waals surface area contributed by atoms with Crippen LogP contribution >= 0.6 is 15.9 Å². The Morgan fingerprint density at radius 3 is 2.60 bits per heavy atom. The maximum Gasteiger partial charge on any atom is 0.344 e. The molecule has 6 aromatic rings. The zero-order valence-electron chi connectivity index (χ0n) is 18.2. The average molecular weight is 527 g/mol. The Bertz CT molecular complexity index is 1830. The Morgan fingerprint density at radius 1 is 0.971 bits per heavy atom. The SMILES string of the molecule is Cc1ccc(C2c3c(c4ccccc4oc3=O)Oc3ncn4nc(-c5ccc(Br)cc5)nc4c32)o1. The van der Waals surface area contributed by atoms with E-state index < -0.39 is 11.5 Å². The lowest BCUT2D eigenvalue weighted by molar-refractivity contribution is 0.402. The van der Waals surface area contributed by atoms with Crippen LogP contribution in [0.3, 0.4) is 0 Å². The molecule has 7 rings (SSSR count). The van der Waals surface area contributed by atoms with Crippen LogP contribution in [0, 0.1) is 6.92 Å². The minimum Gasteiger partial charge on any atom is -0.465 e. The quantitative estimate of drug-likeness (QED) is 0.261. The number of nitrogens with zero attached hydrogens (tertiary/aromatic N) is 4. The largest absolute Gasteiger partial charge is 0.465 e. The van der Waals surface area contributed by atoms with Crippen LogP contribution in [0.1, 0.15) is 28.6 Å². The van der Waals surface area contributed by atoms with Crippen molar-refractivity contribution < 1.29 is 13.6 Å². The fourth-order valence-electron chi connectivity index (χ4n) is 4.54. The molecule has 2 aromatic carbocycles. The second kappa shape index (κ2) is 7.38. The van der Waals surface area contributed by atoms with E-state index >= 15 is 0 Å². The first-order valence-corrected chi connectivity index (χ1v) is 11.7. The van der Waals surface area contributed by atoms with Gasteiger partial charge in [-0.15, -0.1) is 5.10 Å². The predicted molar refractivity (Wildman–Crippen MR) is 131 cm³/mol. The summed E-state index contributed by atoms with van der Waals surface area (Å²) in [6.07, 6.45) is 1.56. The molecule has 0 saturated heterocycles. The Kier molecular flexibility index (Phi) is 4.25. The molecule has 0 aliphatic carbocycles. The summed E-state index contributed by atoms with van der Waals surface area (Å²) in [7, 11) is 0. The van der Waals surface area contributed by atoms with Crippen LogP contribution in [-0.4, -0.2) is 19.6 Å². The van der Waals surface area contributed by atoms with Gasteiger partial charge in [-0.05, 0) is 43.3 Å². The van der Waals surface area contributed by atoms with Crippen LogP contribution in [0.25, 0.3) is 28.0 Å². The molecule has 0 amide bonds. The van der Waals surface area contributed by atoms with Gasteiger partial charge in [0.15, 0.2) is 17.2 Å². The van der Waals surface area contributed by atoms with Crippen LogP contribution in [0.15, 0.2) is 85.1 Å². The van der Waals surface area contributed by atoms with Gasteiger partial charge in [-0.2, -0.15) is 0 Å². The highest BCUT2D eigenvalue weighted by Crippen LogP contribution is 2.49. The Balaban J connectivity index is 1.54. The van der Waals surface area contributed by atoms with E-state index in [4.69, 9.17) is 18.6 Å². The number of fused-ring (bicyclic) bond motifs is 6. The van der Waals surface area contributed by atoms with Gasteiger partial charge in [0.25, 0.3) is 0 Å². The number of furan rings is 1. The number of aryl methyl sites for hydroxylation is 1. The van der Waals surface area contributed by atoms with E-state index in [2.05, 4.69) is 26.0 Å². The zero-order valence-corrected chi connectivity index (χ0v) is 19.8. The molecular weight excluding hydrogens is 512 g/mol. The number of aromatic nitrogens is 4. The molecule has 1 unspecified atom stereocenters. The third-order valence-corrected chi connectivity index (χ3v) is 6.64. The van der Waals surface area contributed by atoms with E-state index in [1.165, 1.54) is 0 Å². The molecule has 1 atom stereocenters. The van der Waals surface area contributed by atoms with E-state index in [-0.39, 0.29) is 0 Å². The molecule has 8 nitrogen and oxygen atoms in total. The monoisotopic (exact) mass is 526 g/mol. The van der Waals surface area contributed by atoms with Gasteiger partial charge in [-0.1, -0.05) is 40.2 Å². The highest BCUT2D eigenvalue weighted by Gasteiger charge is 2.39. The Hall–Kier alpha value is -4.24. The molecule has 9 heteroatoms. The first-order valence-electron chi connectivity index (χ1n) is 10.9. The summed E-state index contributed by atoms with van der Waals surface area (Å²) in [4.78, 5) is 22.7. The van der Waals surface area contributed by atoms with Gasteiger partial charge in [0.1, 0.15) is 23.4 Å². The van der Waals surface area contributed by atoms with Gasteiger partial charge in [-0.25, -0.2) is 19.3 Å². The molecule has 0 bridgehead atoms. The summed E-state index contributed by atoms with van der Waals surface area (Å²) >= 11 is 3.46. The van der Waals surface area contributed by atoms with E-state index in [0.717, 1.165) is 15.8 Å². The second-order valence-corrected chi connectivity index (χ2v) is 9.20. The van der Waals surface area contributed by atoms with Gasteiger partial charge in [0.05, 0.1) is 22.4 Å². The Morgan fingerprint density at radius 2 is 1.80 bits per heavy atom. The second-order valence-electron chi connectivity index (χ2n) is 8.29. The van der Waals surface area contributed by atoms with Crippen molar-refractivity contribution in [1.82, 2.24) is 19.6 Å². The first kappa shape index (κ1) is 20.2. The van der Waals surface area contributed by atoms with E-state index in [1.54, 1.807) is 16.9 Å². The molecule has 0 spiro atoms. The topological polar surface area (TPSA) is 95.7 Å². The number of halogens is 1. The fourth-order valence-corrected chi connectivity index (χ4v) is 4.81. The van der Waals surface area contributed by atoms with Gasteiger partial charge < -0.3 is 13.6 Å². The van der Waals surface area contributed by atoms with Crippen LogP contribution < -0.4 is 10.4 Å². The average Bonchev–Trinajstić information content (AvgIpc) is 3.49. The number of ether oxygens (including phenoxy) is 1. The molecule has 0 radical (unpaired) electrons. The molecule has 5 heterocycles. The van der Waals surface area contributed by atoms with E-state index in [0.29, 0.717) is 51.0 Å². The summed E-state index contributed by atoms with van der Waals surface area (Å²) in [5.74, 6) is 1.93. The third kappa shape index (κ3) is 3.05. The van der Waals surface area contributed by atoms with Crippen molar-refractivity contribution in [2.75, 3.05) is 0 Å². The van der Waals surface area contributed by atoms with Crippen LogP contribution in [0.2, 0.25) is 0 Å². The van der Waals surface area contributed by atoms with Gasteiger partial charge in [-0.3, -0.25) is 0 Å². The molecule has 0 N–H and O–H groups in total. The molecule has 170 valence electrons. The minimum absolute atomic E-state index is 0.341. The number of rotatable bonds is 2. The predicted octanol–water partition coefficient (Wildman–Crippen LogP) is 5.85. The highest BCUT2D eigenvalue weighted by atomic mass is 79.9. The molecule has 4 aromatic heterocycles. The van der Waals surface area contributed by atoms with E-state index in [9.17, 15) is 4.79 Å². The Labute approximate surface area is 205 Å². The van der Waals surface area contributed by atoms with Crippen molar-refractivity contribution in [3.63, 3.8) is 0 Å². The third-order valence-electron chi connectivity index (χ3n) is 6.11. The van der Waals surface area contributed by atoms with Crippen molar-refractivity contribution in [2.45, 2.75) is 12.8 Å². The molecule has 1 aliphatic heterocycles. The van der Waals surface area contributed by atoms with Crippen molar-refractivity contribution in [3.05, 3.63) is 105 Å². The molecule has 0 fully saturated rings. The van der Waals surface area contributed by atoms with Gasteiger partial charge >= 0.3 is 5.63 Å². The number of benzene rings is 2. The lowest BCUT2D eigenvalue weighted by Crippen LogP contribution is -2.22. The summed E-state index contributed by atoms with van der Waals surface area (Å²) in [5, 5.41) is 5.30. The van der Waals surface area contributed by atoms with Gasteiger partial charge in [0, 0.05) is 10.0 Å². The fraction of sp³-hybridized carbons (Fsp3) is 0.0769. The standard InChI is InChI=1S/C26H15BrN4O4/c1-13-6-11-18(33-13)19-20-22(16-4-2-3-5-17(16)34-26(20)32)35-25-21(19)24-29-23(30-31(24)12-28-25)14-7-9-15(27)10-8-14/h2-12,19H,1H3. The summed E-state index contributed by atoms with van der Waals surface area (Å²) in [5.41, 5.74) is 2.23. The number of hydrogen-bond acceptors (Lipinski definition) is 7. The van der Waals surface area contributed by atoms with Gasteiger partial charge in [0.2, 0.25) is 5.88 Å². The first-order chi connectivity index (χ1) is 17.1. The molecule has 35 heavy (non-hydrogen) atoms. The number of para-hydroxylation sites is 1. The molecule has 0 saturated carbocycles. The van der Waals surface area contributed by atoms with Crippen molar-refractivity contribution >= 4 is 32.5 Å². The zero-order chi connectivity index (χ0) is 23.7. The maximum atomic E-state index is 13.3. The summed E-state index contributed by atoms with van der Waals surface area (Å²) in [6, 6.07) is 18.7. The van der Waals surface area contributed by atoms with Crippen LogP contribution in [0.4, 0.5) is 0 Å². The minimum atomic E-state index is -0.638.